The summed E-state index contributed by atoms with van der Waals surface area (Å²) >= 11 is 0. The highest BCUT2D eigenvalue weighted by Crippen LogP contribution is 2.27. The minimum absolute atomic E-state index is 0.215. The van der Waals surface area contributed by atoms with E-state index in [0.717, 1.165) is 11.5 Å². The van der Waals surface area contributed by atoms with Crippen LogP contribution in [0.4, 0.5) is 0 Å². The van der Waals surface area contributed by atoms with Gasteiger partial charge in [0.05, 0.1) is 6.10 Å². The highest BCUT2D eigenvalue weighted by Gasteiger charge is 2.23. The first-order valence-electron chi connectivity index (χ1n) is 8.67. The Morgan fingerprint density at radius 3 is 2.57 bits per heavy atom. The second-order valence-corrected chi connectivity index (χ2v) is 6.68. The second kappa shape index (κ2) is 7.28. The van der Waals surface area contributed by atoms with Crippen molar-refractivity contribution in [2.45, 2.75) is 51.7 Å². The van der Waals surface area contributed by atoms with Crippen molar-refractivity contribution in [1.29, 1.82) is 0 Å². The third-order valence-corrected chi connectivity index (χ3v) is 5.07. The van der Waals surface area contributed by atoms with Gasteiger partial charge in [0.1, 0.15) is 5.82 Å². The van der Waals surface area contributed by atoms with E-state index in [9.17, 15) is 5.11 Å². The van der Waals surface area contributed by atoms with Crippen LogP contribution >= 0.6 is 0 Å². The number of aliphatic hydroxyl groups is 1. The van der Waals surface area contributed by atoms with Crippen LogP contribution in [0.1, 0.15) is 50.0 Å². The van der Waals surface area contributed by atoms with Gasteiger partial charge >= 0.3 is 0 Å². The number of aryl methyl sites for hydroxylation is 1. The number of nitrogens with zero attached hydrogens (tertiary/aromatic N) is 2. The quantitative estimate of drug-likeness (QED) is 0.859. The maximum atomic E-state index is 10.3. The number of aliphatic hydroxyl groups excluding tert-OH is 1. The van der Waals surface area contributed by atoms with Crippen molar-refractivity contribution in [1.82, 2.24) is 14.9 Å². The van der Waals surface area contributed by atoms with E-state index in [0.29, 0.717) is 12.5 Å². The summed E-state index contributed by atoms with van der Waals surface area (Å²) in [5.41, 5.74) is 2.37. The molecule has 2 unspecified atom stereocenters. The summed E-state index contributed by atoms with van der Waals surface area (Å²) in [6, 6.07) is 8.78. The van der Waals surface area contributed by atoms with Crippen molar-refractivity contribution >= 4 is 0 Å². The van der Waals surface area contributed by atoms with Gasteiger partial charge in [0.2, 0.25) is 0 Å². The third kappa shape index (κ3) is 3.82. The van der Waals surface area contributed by atoms with Crippen molar-refractivity contribution < 1.29 is 5.11 Å². The minimum Gasteiger partial charge on any atom is -0.392 e. The molecule has 1 fully saturated rings. The molecule has 0 saturated heterocycles. The molecular weight excluding hydrogens is 286 g/mol. The molecule has 1 aromatic heterocycles. The third-order valence-electron chi connectivity index (χ3n) is 5.07. The van der Waals surface area contributed by atoms with Crippen LogP contribution < -0.4 is 5.32 Å². The lowest BCUT2D eigenvalue weighted by molar-refractivity contribution is 0.106. The average molecular weight is 313 g/mol. The van der Waals surface area contributed by atoms with Crippen LogP contribution in [-0.2, 0) is 0 Å². The van der Waals surface area contributed by atoms with Gasteiger partial charge < -0.3 is 15.0 Å². The van der Waals surface area contributed by atoms with Crippen molar-refractivity contribution in [2.24, 2.45) is 5.92 Å². The summed E-state index contributed by atoms with van der Waals surface area (Å²) in [6.07, 6.45) is 8.47. The summed E-state index contributed by atoms with van der Waals surface area (Å²) < 4.78 is 2.08. The van der Waals surface area contributed by atoms with Crippen LogP contribution in [0.25, 0.3) is 5.69 Å². The molecular formula is C19H27N3O. The number of aromatic nitrogens is 2. The predicted octanol–water partition coefficient (Wildman–Crippen LogP) is 3.38. The van der Waals surface area contributed by atoms with Gasteiger partial charge in [-0.1, -0.05) is 25.0 Å². The highest BCUT2D eigenvalue weighted by molar-refractivity contribution is 5.36. The molecule has 2 atom stereocenters. The Morgan fingerprint density at radius 2 is 1.96 bits per heavy atom. The van der Waals surface area contributed by atoms with Gasteiger partial charge in [-0.2, -0.15) is 0 Å². The van der Waals surface area contributed by atoms with E-state index >= 15 is 0 Å². The number of hydrogen-bond donors (Lipinski definition) is 2. The Hall–Kier alpha value is -1.65. The number of nitrogens with one attached hydrogen (secondary N) is 1. The molecule has 3 rings (SSSR count). The zero-order valence-electron chi connectivity index (χ0n) is 14.1. The van der Waals surface area contributed by atoms with E-state index in [1.807, 2.05) is 19.3 Å². The van der Waals surface area contributed by atoms with E-state index in [1.54, 1.807) is 0 Å². The standard InChI is InChI=1S/C19H27N3O/c1-14(21-13-19(23)17-5-3-4-6-17)16-7-9-18(10-8-16)22-12-11-20-15(22)2/h7-12,14,17,19,21,23H,3-6,13H2,1-2H3. The van der Waals surface area contributed by atoms with E-state index in [4.69, 9.17) is 0 Å². The molecule has 1 aliphatic rings. The van der Waals surface area contributed by atoms with Crippen LogP contribution in [-0.4, -0.2) is 27.3 Å². The molecule has 23 heavy (non-hydrogen) atoms. The van der Waals surface area contributed by atoms with E-state index in [1.165, 1.54) is 31.2 Å². The SMILES string of the molecule is Cc1nccn1-c1ccc(C(C)NCC(O)C2CCCC2)cc1. The lowest BCUT2D eigenvalue weighted by atomic mass is 10.00. The van der Waals surface area contributed by atoms with E-state index in [2.05, 4.69) is 46.1 Å². The second-order valence-electron chi connectivity index (χ2n) is 6.68. The summed E-state index contributed by atoms with van der Waals surface area (Å²) in [5, 5.41) is 13.7. The van der Waals surface area contributed by atoms with Gasteiger partial charge in [-0.15, -0.1) is 0 Å². The maximum absolute atomic E-state index is 10.3. The van der Waals surface area contributed by atoms with E-state index < -0.39 is 0 Å². The summed E-state index contributed by atoms with van der Waals surface area (Å²) in [7, 11) is 0. The monoisotopic (exact) mass is 313 g/mol. The Bertz CT molecular complexity index is 614. The molecule has 124 valence electrons. The Balaban J connectivity index is 1.57. The van der Waals surface area contributed by atoms with Crippen LogP contribution in [0.15, 0.2) is 36.7 Å². The first-order valence-corrected chi connectivity index (χ1v) is 8.67. The van der Waals surface area contributed by atoms with Crippen LogP contribution in [0.3, 0.4) is 0 Å². The van der Waals surface area contributed by atoms with Gasteiger partial charge in [0.25, 0.3) is 0 Å². The number of hydrogen-bond acceptors (Lipinski definition) is 3. The zero-order valence-corrected chi connectivity index (χ0v) is 14.1. The van der Waals surface area contributed by atoms with Gasteiger partial charge in [0.15, 0.2) is 0 Å². The van der Waals surface area contributed by atoms with Crippen LogP contribution in [0, 0.1) is 12.8 Å². The average Bonchev–Trinajstić information content (AvgIpc) is 3.24. The molecule has 1 aromatic carbocycles. The fourth-order valence-corrected chi connectivity index (χ4v) is 3.50. The van der Waals surface area contributed by atoms with Crippen LogP contribution in [0.5, 0.6) is 0 Å². The molecule has 0 spiro atoms. The molecule has 4 nitrogen and oxygen atoms in total. The summed E-state index contributed by atoms with van der Waals surface area (Å²) in [6.45, 7) is 4.83. The molecule has 1 aliphatic carbocycles. The fraction of sp³-hybridized carbons (Fsp3) is 0.526. The highest BCUT2D eigenvalue weighted by atomic mass is 16.3. The van der Waals surface area contributed by atoms with Gasteiger partial charge in [-0.25, -0.2) is 4.98 Å². The smallest absolute Gasteiger partial charge is 0.110 e. The first-order chi connectivity index (χ1) is 11.1. The van der Waals surface area contributed by atoms with Gasteiger partial charge in [-0.3, -0.25) is 0 Å². The summed E-state index contributed by atoms with van der Waals surface area (Å²) in [5.74, 6) is 1.48. The van der Waals surface area contributed by atoms with Crippen molar-refractivity contribution in [3.05, 3.63) is 48.0 Å². The lowest BCUT2D eigenvalue weighted by Crippen LogP contribution is -2.33. The Morgan fingerprint density at radius 1 is 1.26 bits per heavy atom. The fourth-order valence-electron chi connectivity index (χ4n) is 3.50. The zero-order chi connectivity index (χ0) is 16.2. The largest absolute Gasteiger partial charge is 0.392 e. The Kier molecular flexibility index (Phi) is 5.13. The molecule has 0 amide bonds. The molecule has 2 aromatic rings. The Labute approximate surface area is 138 Å². The molecule has 0 radical (unpaired) electrons. The van der Waals surface area contributed by atoms with Crippen molar-refractivity contribution in [2.75, 3.05) is 6.54 Å². The molecule has 1 saturated carbocycles. The normalized spacial score (nSPS) is 18.2. The first kappa shape index (κ1) is 16.2. The van der Waals surface area contributed by atoms with E-state index in [-0.39, 0.29) is 12.1 Å². The van der Waals surface area contributed by atoms with Crippen molar-refractivity contribution in [3.8, 4) is 5.69 Å². The summed E-state index contributed by atoms with van der Waals surface area (Å²) in [4.78, 5) is 4.26. The number of rotatable bonds is 6. The van der Waals surface area contributed by atoms with Crippen molar-refractivity contribution in [3.63, 3.8) is 0 Å². The molecule has 0 bridgehead atoms. The molecule has 1 heterocycles. The minimum atomic E-state index is -0.215. The molecule has 2 N–H and O–H groups in total. The topological polar surface area (TPSA) is 50.1 Å². The van der Waals surface area contributed by atoms with Gasteiger partial charge in [-0.05, 0) is 50.3 Å². The molecule has 4 heteroatoms. The number of imidazole rings is 1. The van der Waals surface area contributed by atoms with Crippen LogP contribution in [0.2, 0.25) is 0 Å². The maximum Gasteiger partial charge on any atom is 0.110 e. The lowest BCUT2D eigenvalue weighted by Gasteiger charge is -2.21. The predicted molar refractivity (Wildman–Crippen MR) is 92.7 cm³/mol. The van der Waals surface area contributed by atoms with Gasteiger partial charge in [0, 0.05) is 30.7 Å². The number of benzene rings is 1. The molecule has 0 aliphatic heterocycles.